The molecule has 0 radical (unpaired) electrons. The van der Waals surface area contributed by atoms with Crippen LogP contribution in [-0.2, 0) is 4.84 Å². The number of aryl methyl sites for hydroxylation is 1. The number of hydroxylamine groups is 1. The van der Waals surface area contributed by atoms with E-state index in [0.717, 1.165) is 16.8 Å². The van der Waals surface area contributed by atoms with Crippen LogP contribution in [0.2, 0.25) is 0 Å². The summed E-state index contributed by atoms with van der Waals surface area (Å²) in [6.07, 6.45) is 2.24. The van der Waals surface area contributed by atoms with Crippen molar-refractivity contribution in [2.75, 3.05) is 7.11 Å². The normalized spacial score (nSPS) is 16.1. The summed E-state index contributed by atoms with van der Waals surface area (Å²) in [5.74, 6) is 0.790. The van der Waals surface area contributed by atoms with Crippen molar-refractivity contribution >= 4 is 5.91 Å². The Morgan fingerprint density at radius 2 is 1.86 bits per heavy atom. The number of hydrogen-bond acceptors (Lipinski definition) is 6. The molecule has 0 aliphatic carbocycles. The van der Waals surface area contributed by atoms with Crippen LogP contribution in [0.4, 0.5) is 0 Å². The predicted molar refractivity (Wildman–Crippen MR) is 103 cm³/mol. The second-order valence-corrected chi connectivity index (χ2v) is 6.51. The van der Waals surface area contributed by atoms with Gasteiger partial charge in [0.15, 0.2) is 5.82 Å². The van der Waals surface area contributed by atoms with Crippen molar-refractivity contribution in [1.29, 1.82) is 0 Å². The standard InChI is InChI=1S/C21H20N4O3/c1-14-22-20(24-28-14)19-12-18(23-27-2)13-25(19)21(26)17-10-8-16(9-11-17)15-6-4-3-5-7-15/h3-11,13,19,23H,12H2,1-2H3. The molecule has 2 heterocycles. The number of amides is 1. The van der Waals surface area contributed by atoms with E-state index >= 15 is 0 Å². The minimum absolute atomic E-state index is 0.139. The van der Waals surface area contributed by atoms with Gasteiger partial charge in [0, 0.05) is 25.1 Å². The molecule has 0 fully saturated rings. The SMILES string of the molecule is CONC1=CN(C(=O)c2ccc(-c3ccccc3)cc2)C(c2noc(C)n2)C1. The summed E-state index contributed by atoms with van der Waals surface area (Å²) in [4.78, 5) is 24.1. The van der Waals surface area contributed by atoms with Crippen LogP contribution in [0.5, 0.6) is 0 Å². The first-order valence-electron chi connectivity index (χ1n) is 8.94. The average molecular weight is 376 g/mol. The smallest absolute Gasteiger partial charge is 0.258 e. The van der Waals surface area contributed by atoms with E-state index in [1.54, 1.807) is 18.0 Å². The lowest BCUT2D eigenvalue weighted by atomic mass is 10.0. The summed E-state index contributed by atoms with van der Waals surface area (Å²) in [5, 5.41) is 3.99. The van der Waals surface area contributed by atoms with Crippen LogP contribution < -0.4 is 5.48 Å². The second kappa shape index (κ2) is 7.66. The van der Waals surface area contributed by atoms with Gasteiger partial charge in [0.05, 0.1) is 12.8 Å². The Labute approximate surface area is 162 Å². The zero-order valence-corrected chi connectivity index (χ0v) is 15.6. The number of hydrogen-bond donors (Lipinski definition) is 1. The molecule has 3 aromatic rings. The Bertz CT molecular complexity index is 996. The monoisotopic (exact) mass is 376 g/mol. The zero-order valence-electron chi connectivity index (χ0n) is 15.6. The molecule has 0 spiro atoms. The molecule has 1 unspecified atom stereocenters. The third-order valence-electron chi connectivity index (χ3n) is 4.59. The first-order valence-corrected chi connectivity index (χ1v) is 8.94. The first kappa shape index (κ1) is 17.9. The summed E-state index contributed by atoms with van der Waals surface area (Å²) < 4.78 is 5.10. The molecule has 7 nitrogen and oxygen atoms in total. The first-order chi connectivity index (χ1) is 13.7. The highest BCUT2D eigenvalue weighted by atomic mass is 16.6. The van der Waals surface area contributed by atoms with Gasteiger partial charge in [-0.2, -0.15) is 4.98 Å². The fraction of sp³-hybridized carbons (Fsp3) is 0.190. The predicted octanol–water partition coefficient (Wildman–Crippen LogP) is 3.62. The van der Waals surface area contributed by atoms with Crippen LogP contribution in [0, 0.1) is 6.92 Å². The van der Waals surface area contributed by atoms with Crippen LogP contribution in [0.3, 0.4) is 0 Å². The number of carbonyl (C=O) groups excluding carboxylic acids is 1. The van der Waals surface area contributed by atoms with E-state index in [1.165, 1.54) is 7.11 Å². The minimum Gasteiger partial charge on any atom is -0.340 e. The van der Waals surface area contributed by atoms with Gasteiger partial charge in [-0.25, -0.2) is 0 Å². The molecule has 1 atom stereocenters. The highest BCUT2D eigenvalue weighted by Crippen LogP contribution is 2.33. The van der Waals surface area contributed by atoms with Crippen LogP contribution in [0.15, 0.2) is 71.0 Å². The third kappa shape index (κ3) is 3.52. The van der Waals surface area contributed by atoms with E-state index in [2.05, 4.69) is 15.6 Å². The van der Waals surface area contributed by atoms with Crippen molar-refractivity contribution in [3.8, 4) is 11.1 Å². The van der Waals surface area contributed by atoms with Gasteiger partial charge in [-0.15, -0.1) is 0 Å². The Kier molecular flexibility index (Phi) is 4.90. The van der Waals surface area contributed by atoms with Gasteiger partial charge in [0.1, 0.15) is 6.04 Å². The molecule has 0 bridgehead atoms. The maximum Gasteiger partial charge on any atom is 0.258 e. The number of carbonyl (C=O) groups is 1. The van der Waals surface area contributed by atoms with E-state index in [9.17, 15) is 4.79 Å². The van der Waals surface area contributed by atoms with Crippen molar-refractivity contribution in [3.63, 3.8) is 0 Å². The number of benzene rings is 2. The molecule has 1 aromatic heterocycles. The molecule has 1 amide bonds. The topological polar surface area (TPSA) is 80.5 Å². The van der Waals surface area contributed by atoms with Gasteiger partial charge in [-0.05, 0) is 23.3 Å². The van der Waals surface area contributed by atoms with Gasteiger partial charge >= 0.3 is 0 Å². The molecular weight excluding hydrogens is 356 g/mol. The molecule has 4 rings (SSSR count). The minimum atomic E-state index is -0.351. The largest absolute Gasteiger partial charge is 0.340 e. The molecule has 2 aromatic carbocycles. The fourth-order valence-electron chi connectivity index (χ4n) is 3.27. The molecular formula is C21H20N4O3. The molecule has 28 heavy (non-hydrogen) atoms. The number of rotatable bonds is 5. The zero-order chi connectivity index (χ0) is 19.5. The molecule has 0 saturated heterocycles. The Balaban J connectivity index is 1.60. The maximum absolute atomic E-state index is 13.2. The van der Waals surface area contributed by atoms with Gasteiger partial charge in [-0.1, -0.05) is 47.6 Å². The number of nitrogens with one attached hydrogen (secondary N) is 1. The van der Waals surface area contributed by atoms with Crippen LogP contribution in [0.25, 0.3) is 11.1 Å². The van der Waals surface area contributed by atoms with E-state index in [4.69, 9.17) is 9.36 Å². The van der Waals surface area contributed by atoms with Crippen LogP contribution in [-0.4, -0.2) is 28.1 Å². The molecule has 142 valence electrons. The number of nitrogens with zero attached hydrogens (tertiary/aromatic N) is 3. The maximum atomic E-state index is 13.2. The lowest BCUT2D eigenvalue weighted by molar-refractivity contribution is 0.0777. The highest BCUT2D eigenvalue weighted by Gasteiger charge is 2.34. The van der Waals surface area contributed by atoms with Crippen molar-refractivity contribution in [2.24, 2.45) is 0 Å². The Morgan fingerprint density at radius 1 is 1.14 bits per heavy atom. The van der Waals surface area contributed by atoms with Crippen LogP contribution >= 0.6 is 0 Å². The Morgan fingerprint density at radius 3 is 2.50 bits per heavy atom. The average Bonchev–Trinajstić information content (AvgIpc) is 3.35. The Hall–Kier alpha value is -3.45. The highest BCUT2D eigenvalue weighted by molar-refractivity contribution is 5.96. The van der Waals surface area contributed by atoms with Crippen LogP contribution in [0.1, 0.15) is 34.5 Å². The van der Waals surface area contributed by atoms with Crippen molar-refractivity contribution in [3.05, 3.63) is 83.8 Å². The summed E-state index contributed by atoms with van der Waals surface area (Å²) in [5.41, 5.74) is 6.31. The van der Waals surface area contributed by atoms with E-state index in [0.29, 0.717) is 23.7 Å². The molecule has 7 heteroatoms. The molecule has 0 saturated carbocycles. The van der Waals surface area contributed by atoms with Gasteiger partial charge in [0.25, 0.3) is 5.91 Å². The van der Waals surface area contributed by atoms with Gasteiger partial charge in [0.2, 0.25) is 5.89 Å². The molecule has 1 N–H and O–H groups in total. The summed E-state index contributed by atoms with van der Waals surface area (Å²) in [6, 6.07) is 17.3. The fourth-order valence-corrected chi connectivity index (χ4v) is 3.27. The second-order valence-electron chi connectivity index (χ2n) is 6.51. The lowest BCUT2D eigenvalue weighted by Crippen LogP contribution is -2.28. The quantitative estimate of drug-likeness (QED) is 0.685. The molecule has 1 aliphatic heterocycles. The molecule has 1 aliphatic rings. The van der Waals surface area contributed by atoms with Crippen molar-refractivity contribution in [2.45, 2.75) is 19.4 Å². The van der Waals surface area contributed by atoms with E-state index in [-0.39, 0.29) is 11.9 Å². The van der Waals surface area contributed by atoms with E-state index in [1.807, 2.05) is 54.6 Å². The van der Waals surface area contributed by atoms with Crippen molar-refractivity contribution in [1.82, 2.24) is 20.5 Å². The van der Waals surface area contributed by atoms with E-state index < -0.39 is 0 Å². The summed E-state index contributed by atoms with van der Waals surface area (Å²) >= 11 is 0. The van der Waals surface area contributed by atoms with Crippen molar-refractivity contribution < 1.29 is 14.2 Å². The number of aromatic nitrogens is 2. The lowest BCUT2D eigenvalue weighted by Gasteiger charge is -2.21. The summed E-state index contributed by atoms with van der Waals surface area (Å²) in [6.45, 7) is 1.72. The third-order valence-corrected chi connectivity index (χ3v) is 4.59. The van der Waals surface area contributed by atoms with Gasteiger partial charge < -0.3 is 9.42 Å². The summed E-state index contributed by atoms with van der Waals surface area (Å²) in [7, 11) is 1.53. The van der Waals surface area contributed by atoms with Gasteiger partial charge in [-0.3, -0.25) is 15.1 Å².